The highest BCUT2D eigenvalue weighted by atomic mass is 16.4. The van der Waals surface area contributed by atoms with E-state index in [0.29, 0.717) is 0 Å². The maximum atomic E-state index is 10.6. The number of anilines is 1. The van der Waals surface area contributed by atoms with Crippen LogP contribution in [0.1, 0.15) is 31.4 Å². The van der Waals surface area contributed by atoms with Crippen LogP contribution in [0, 0.1) is 0 Å². The summed E-state index contributed by atoms with van der Waals surface area (Å²) in [4.78, 5) is 12.9. The van der Waals surface area contributed by atoms with Crippen LogP contribution in [-0.2, 0) is 11.2 Å². The van der Waals surface area contributed by atoms with E-state index >= 15 is 0 Å². The molecule has 0 saturated carbocycles. The predicted molar refractivity (Wildman–Crippen MR) is 92.2 cm³/mol. The second kappa shape index (κ2) is 7.12. The van der Waals surface area contributed by atoms with Gasteiger partial charge in [-0.05, 0) is 61.1 Å². The molecule has 1 N–H and O–H groups in total. The second-order valence-corrected chi connectivity index (χ2v) is 5.80. The van der Waals surface area contributed by atoms with E-state index in [2.05, 4.69) is 37.1 Å². The number of carboxylic acids is 1. The zero-order valence-electron chi connectivity index (χ0n) is 13.5. The van der Waals surface area contributed by atoms with Gasteiger partial charge in [-0.2, -0.15) is 0 Å². The number of rotatable bonds is 4. The minimum Gasteiger partial charge on any atom is -0.478 e. The number of aliphatic carboxylic acids is 1. The first-order valence-corrected chi connectivity index (χ1v) is 7.58. The summed E-state index contributed by atoms with van der Waals surface area (Å²) in [7, 11) is 2.14. The molecule has 0 radical (unpaired) electrons. The molecule has 1 aliphatic heterocycles. The third-order valence-corrected chi connectivity index (χ3v) is 3.94. The Morgan fingerprint density at radius 1 is 1.32 bits per heavy atom. The molecule has 0 unspecified atom stereocenters. The van der Waals surface area contributed by atoms with Crippen LogP contribution in [0.25, 0.3) is 5.57 Å². The van der Waals surface area contributed by atoms with Gasteiger partial charge in [-0.25, -0.2) is 4.79 Å². The lowest BCUT2D eigenvalue weighted by Gasteiger charge is -2.27. The Morgan fingerprint density at radius 2 is 2.09 bits per heavy atom. The molecule has 2 rings (SSSR count). The second-order valence-electron chi connectivity index (χ2n) is 5.80. The van der Waals surface area contributed by atoms with E-state index in [1.807, 2.05) is 18.2 Å². The van der Waals surface area contributed by atoms with Crippen molar-refractivity contribution in [2.24, 2.45) is 0 Å². The number of allylic oxidation sites excluding steroid dienone is 5. The molecule has 0 aromatic heterocycles. The molecular formula is C19H23NO2. The van der Waals surface area contributed by atoms with Crippen molar-refractivity contribution in [1.82, 2.24) is 0 Å². The van der Waals surface area contributed by atoms with Crippen molar-refractivity contribution in [3.63, 3.8) is 0 Å². The molecule has 0 amide bonds. The normalized spacial score (nSPS) is 16.0. The number of nitrogens with zero attached hydrogens (tertiary/aromatic N) is 1. The topological polar surface area (TPSA) is 40.5 Å². The van der Waals surface area contributed by atoms with Gasteiger partial charge in [0.15, 0.2) is 0 Å². The minimum absolute atomic E-state index is 0.726. The molecule has 116 valence electrons. The standard InChI is InChI=1S/C19H23NO2/c1-14(12-19(21)22)6-4-7-15(2)16-9-10-18-17(13-16)8-5-11-20(18)3/h4,6-7,9-10,12-13H,5,8,11H2,1-3H3,(H,21,22). The molecule has 1 aromatic carbocycles. The summed E-state index contributed by atoms with van der Waals surface area (Å²) in [6, 6.07) is 6.62. The van der Waals surface area contributed by atoms with Gasteiger partial charge in [0.2, 0.25) is 0 Å². The fraction of sp³-hybridized carbons (Fsp3) is 0.316. The van der Waals surface area contributed by atoms with E-state index in [1.165, 1.54) is 34.9 Å². The van der Waals surface area contributed by atoms with Gasteiger partial charge in [-0.15, -0.1) is 0 Å². The Morgan fingerprint density at radius 3 is 2.82 bits per heavy atom. The molecule has 1 aliphatic rings. The molecule has 3 nitrogen and oxygen atoms in total. The lowest BCUT2D eigenvalue weighted by atomic mass is 9.97. The first kappa shape index (κ1) is 16.1. The molecule has 3 heteroatoms. The highest BCUT2D eigenvalue weighted by Crippen LogP contribution is 2.29. The van der Waals surface area contributed by atoms with E-state index < -0.39 is 5.97 Å². The van der Waals surface area contributed by atoms with Crippen LogP contribution in [-0.4, -0.2) is 24.7 Å². The summed E-state index contributed by atoms with van der Waals surface area (Å²) in [6.07, 6.45) is 9.27. The summed E-state index contributed by atoms with van der Waals surface area (Å²) in [5, 5.41) is 8.67. The Balaban J connectivity index is 2.16. The van der Waals surface area contributed by atoms with Crippen molar-refractivity contribution in [3.8, 4) is 0 Å². The summed E-state index contributed by atoms with van der Waals surface area (Å²) < 4.78 is 0. The Hall–Kier alpha value is -2.29. The van der Waals surface area contributed by atoms with E-state index in [4.69, 9.17) is 5.11 Å². The summed E-state index contributed by atoms with van der Waals surface area (Å²) >= 11 is 0. The molecule has 1 aromatic rings. The van der Waals surface area contributed by atoms with Crippen molar-refractivity contribution in [2.75, 3.05) is 18.5 Å². The summed E-state index contributed by atoms with van der Waals surface area (Å²) in [6.45, 7) is 4.98. The molecule has 0 saturated heterocycles. The Labute approximate surface area is 132 Å². The number of carboxylic acid groups (broad SMARTS) is 1. The first-order chi connectivity index (χ1) is 10.5. The van der Waals surface area contributed by atoms with E-state index in [9.17, 15) is 4.79 Å². The lowest BCUT2D eigenvalue weighted by molar-refractivity contribution is -0.131. The van der Waals surface area contributed by atoms with E-state index in [-0.39, 0.29) is 0 Å². The fourth-order valence-electron chi connectivity index (χ4n) is 2.71. The third kappa shape index (κ3) is 4.10. The number of benzene rings is 1. The van der Waals surface area contributed by atoms with E-state index in [0.717, 1.165) is 18.5 Å². The van der Waals surface area contributed by atoms with Gasteiger partial charge in [-0.3, -0.25) is 0 Å². The average Bonchev–Trinajstić information content (AvgIpc) is 2.46. The predicted octanol–water partition coefficient (Wildman–Crippen LogP) is 4.06. The largest absolute Gasteiger partial charge is 0.478 e. The van der Waals surface area contributed by atoms with Crippen LogP contribution in [0.4, 0.5) is 5.69 Å². The molecule has 0 bridgehead atoms. The van der Waals surface area contributed by atoms with Crippen molar-refractivity contribution < 1.29 is 9.90 Å². The third-order valence-electron chi connectivity index (χ3n) is 3.94. The minimum atomic E-state index is -0.915. The van der Waals surface area contributed by atoms with Gasteiger partial charge in [0.05, 0.1) is 0 Å². The van der Waals surface area contributed by atoms with Gasteiger partial charge in [0, 0.05) is 25.4 Å². The molecule has 0 fully saturated rings. The number of aryl methyl sites for hydroxylation is 1. The summed E-state index contributed by atoms with van der Waals surface area (Å²) in [5.41, 5.74) is 5.86. The molecular weight excluding hydrogens is 274 g/mol. The van der Waals surface area contributed by atoms with Crippen LogP contribution < -0.4 is 4.90 Å². The number of hydrogen-bond donors (Lipinski definition) is 1. The summed E-state index contributed by atoms with van der Waals surface area (Å²) in [5.74, 6) is -0.915. The van der Waals surface area contributed by atoms with Gasteiger partial charge < -0.3 is 10.0 Å². The zero-order valence-corrected chi connectivity index (χ0v) is 13.5. The number of carbonyl (C=O) groups is 1. The highest BCUT2D eigenvalue weighted by molar-refractivity contribution is 5.81. The van der Waals surface area contributed by atoms with Crippen molar-refractivity contribution >= 4 is 17.2 Å². The van der Waals surface area contributed by atoms with Crippen LogP contribution in [0.5, 0.6) is 0 Å². The Kier molecular flexibility index (Phi) is 5.21. The SMILES string of the molecule is CC(C=CC=C(C)c1ccc2c(c1)CCCN2C)=CC(=O)O. The zero-order chi connectivity index (χ0) is 16.1. The van der Waals surface area contributed by atoms with Gasteiger partial charge in [0.1, 0.15) is 0 Å². The average molecular weight is 297 g/mol. The molecule has 0 atom stereocenters. The molecule has 1 heterocycles. The smallest absolute Gasteiger partial charge is 0.328 e. The highest BCUT2D eigenvalue weighted by Gasteiger charge is 2.13. The fourth-order valence-corrected chi connectivity index (χ4v) is 2.71. The molecule has 0 spiro atoms. The van der Waals surface area contributed by atoms with Crippen molar-refractivity contribution in [2.45, 2.75) is 26.7 Å². The lowest BCUT2D eigenvalue weighted by Crippen LogP contribution is -2.24. The number of hydrogen-bond acceptors (Lipinski definition) is 2. The first-order valence-electron chi connectivity index (χ1n) is 7.58. The maximum Gasteiger partial charge on any atom is 0.328 e. The Bertz CT molecular complexity index is 653. The molecule has 22 heavy (non-hydrogen) atoms. The van der Waals surface area contributed by atoms with Gasteiger partial charge in [-0.1, -0.05) is 24.3 Å². The quantitative estimate of drug-likeness (QED) is 0.673. The van der Waals surface area contributed by atoms with Crippen LogP contribution in [0.2, 0.25) is 0 Å². The van der Waals surface area contributed by atoms with Gasteiger partial charge >= 0.3 is 5.97 Å². The number of fused-ring (bicyclic) bond motifs is 1. The van der Waals surface area contributed by atoms with Crippen molar-refractivity contribution in [1.29, 1.82) is 0 Å². The maximum absolute atomic E-state index is 10.6. The van der Waals surface area contributed by atoms with E-state index in [1.54, 1.807) is 6.92 Å². The monoisotopic (exact) mass is 297 g/mol. The molecule has 0 aliphatic carbocycles. The van der Waals surface area contributed by atoms with Crippen LogP contribution in [0.3, 0.4) is 0 Å². The van der Waals surface area contributed by atoms with Crippen molar-refractivity contribution in [3.05, 3.63) is 59.2 Å². The van der Waals surface area contributed by atoms with Gasteiger partial charge in [0.25, 0.3) is 0 Å². The van der Waals surface area contributed by atoms with Crippen LogP contribution in [0.15, 0.2) is 48.1 Å². The van der Waals surface area contributed by atoms with Crippen LogP contribution >= 0.6 is 0 Å².